The predicted octanol–water partition coefficient (Wildman–Crippen LogP) is -0.645. The fourth-order valence-electron chi connectivity index (χ4n) is 2.75. The third-order valence-electron chi connectivity index (χ3n) is 3.75. The smallest absolute Gasteiger partial charge is 0.325 e. The Bertz CT molecular complexity index is 934. The Morgan fingerprint density at radius 3 is 3.00 bits per heavy atom. The van der Waals surface area contributed by atoms with E-state index in [9.17, 15) is 14.8 Å². The summed E-state index contributed by atoms with van der Waals surface area (Å²) >= 11 is 8.02. The zero-order valence-electron chi connectivity index (χ0n) is 11.7. The molecule has 2 fully saturated rings. The number of H-pyrrole nitrogens is 1. The summed E-state index contributed by atoms with van der Waals surface area (Å²) in [6.07, 6.45) is -3.69. The first-order valence-corrected chi connectivity index (χ1v) is 10.1. The van der Waals surface area contributed by atoms with Gasteiger partial charge in [-0.3, -0.25) is 18.9 Å². The van der Waals surface area contributed by atoms with Gasteiger partial charge >= 0.3 is 6.72 Å². The Morgan fingerprint density at radius 1 is 1.50 bits per heavy atom. The maximum absolute atomic E-state index is 11.9. The molecule has 2 aliphatic heterocycles. The summed E-state index contributed by atoms with van der Waals surface area (Å²) in [7, 11) is 0. The van der Waals surface area contributed by atoms with Gasteiger partial charge in [0.25, 0.3) is 5.56 Å². The average Bonchev–Trinajstić information content (AvgIpc) is 2.96. The molecular formula is C10H11BrN5O6PS. The van der Waals surface area contributed by atoms with Crippen molar-refractivity contribution in [2.45, 2.75) is 24.5 Å². The zero-order valence-corrected chi connectivity index (χ0v) is 15.0. The monoisotopic (exact) mass is 439 g/mol. The van der Waals surface area contributed by atoms with Crippen molar-refractivity contribution < 1.29 is 23.8 Å². The number of halogens is 1. The van der Waals surface area contributed by atoms with E-state index in [4.69, 9.17) is 31.3 Å². The largest absolute Gasteiger partial charge is 0.386 e. The SMILES string of the molecule is Nc1nc2c(nc(Br)n2[C@@H]2OC3COP(O)(=S)OC3C2O)c(=O)[nH]1. The van der Waals surface area contributed by atoms with E-state index in [0.29, 0.717) is 0 Å². The number of aromatic amines is 1. The summed E-state index contributed by atoms with van der Waals surface area (Å²) in [5.41, 5.74) is 5.22. The van der Waals surface area contributed by atoms with Crippen LogP contribution in [0.2, 0.25) is 0 Å². The van der Waals surface area contributed by atoms with Crippen molar-refractivity contribution in [3.8, 4) is 0 Å². The molecule has 4 heterocycles. The van der Waals surface area contributed by atoms with Gasteiger partial charge in [0.1, 0.15) is 18.3 Å². The fraction of sp³-hybridized carbons (Fsp3) is 0.500. The predicted molar refractivity (Wildman–Crippen MR) is 87.5 cm³/mol. The summed E-state index contributed by atoms with van der Waals surface area (Å²) < 4.78 is 17.6. The Kier molecular flexibility index (Phi) is 3.82. The first kappa shape index (κ1) is 16.5. The first-order valence-electron chi connectivity index (χ1n) is 6.69. The highest BCUT2D eigenvalue weighted by molar-refractivity contribution is 9.10. The molecule has 5 N–H and O–H groups in total. The van der Waals surface area contributed by atoms with Crippen LogP contribution in [-0.2, 0) is 25.6 Å². The molecule has 14 heteroatoms. The molecule has 0 amide bonds. The number of rotatable bonds is 1. The van der Waals surface area contributed by atoms with E-state index in [1.54, 1.807) is 0 Å². The van der Waals surface area contributed by atoms with Crippen LogP contribution in [0.1, 0.15) is 6.23 Å². The van der Waals surface area contributed by atoms with E-state index in [2.05, 4.69) is 30.9 Å². The zero-order chi connectivity index (χ0) is 17.2. The molecule has 0 aliphatic carbocycles. The minimum Gasteiger partial charge on any atom is -0.386 e. The van der Waals surface area contributed by atoms with Crippen LogP contribution in [0.25, 0.3) is 11.2 Å². The van der Waals surface area contributed by atoms with Gasteiger partial charge in [0.05, 0.1) is 6.61 Å². The average molecular weight is 440 g/mol. The second-order valence-electron chi connectivity index (χ2n) is 5.26. The molecule has 2 aromatic heterocycles. The first-order chi connectivity index (χ1) is 11.3. The number of nitrogens with two attached hydrogens (primary N) is 1. The molecule has 0 bridgehead atoms. The van der Waals surface area contributed by atoms with Gasteiger partial charge in [-0.2, -0.15) is 4.98 Å². The molecule has 2 saturated heterocycles. The highest BCUT2D eigenvalue weighted by Gasteiger charge is 2.51. The number of fused-ring (bicyclic) bond motifs is 2. The van der Waals surface area contributed by atoms with E-state index in [1.807, 2.05) is 0 Å². The van der Waals surface area contributed by atoms with Gasteiger partial charge < -0.3 is 25.0 Å². The number of anilines is 1. The van der Waals surface area contributed by atoms with Crippen LogP contribution >= 0.6 is 22.6 Å². The fourth-order valence-corrected chi connectivity index (χ4v) is 4.74. The number of nitrogen functional groups attached to an aromatic ring is 1. The molecule has 2 aliphatic rings. The molecule has 130 valence electrons. The summed E-state index contributed by atoms with van der Waals surface area (Å²) in [4.78, 5) is 32.2. The quantitative estimate of drug-likeness (QED) is 0.332. The lowest BCUT2D eigenvalue weighted by atomic mass is 10.1. The standard InChI is InChI=1S/C10H11BrN5O6PS/c11-9-13-3-6(14-10(12)15-7(3)18)16(9)8-4(17)5-2(21-8)1-20-23(19,24)22-5/h2,4-5,8,17H,1H2,(H,19,24)(H3,12,14,15,18)/t2?,4?,5?,8-,23?/m1/s1. The van der Waals surface area contributed by atoms with E-state index in [1.165, 1.54) is 4.57 Å². The van der Waals surface area contributed by atoms with Crippen molar-refractivity contribution in [1.82, 2.24) is 19.5 Å². The van der Waals surface area contributed by atoms with Gasteiger partial charge in [-0.1, -0.05) is 0 Å². The van der Waals surface area contributed by atoms with Crippen molar-refractivity contribution in [3.05, 3.63) is 15.1 Å². The maximum atomic E-state index is 11.9. The van der Waals surface area contributed by atoms with E-state index in [0.717, 1.165) is 0 Å². The minimum absolute atomic E-state index is 0.0214. The topological polar surface area (TPSA) is 158 Å². The van der Waals surface area contributed by atoms with Gasteiger partial charge in [-0.25, -0.2) is 4.98 Å². The van der Waals surface area contributed by atoms with E-state index in [-0.39, 0.29) is 28.5 Å². The number of ether oxygens (including phenoxy) is 1. The van der Waals surface area contributed by atoms with Crippen molar-refractivity contribution in [3.63, 3.8) is 0 Å². The Morgan fingerprint density at radius 2 is 2.25 bits per heavy atom. The van der Waals surface area contributed by atoms with Crippen LogP contribution in [0.4, 0.5) is 5.95 Å². The highest BCUT2D eigenvalue weighted by Crippen LogP contribution is 2.53. The second-order valence-corrected chi connectivity index (χ2v) is 8.76. The van der Waals surface area contributed by atoms with Crippen molar-refractivity contribution in [2.75, 3.05) is 12.3 Å². The van der Waals surface area contributed by atoms with Crippen LogP contribution in [0.3, 0.4) is 0 Å². The molecule has 5 atom stereocenters. The van der Waals surface area contributed by atoms with Gasteiger partial charge in [-0.05, 0) is 27.7 Å². The normalized spacial score (nSPS) is 36.1. The number of nitrogens with zero attached hydrogens (tertiary/aromatic N) is 3. The lowest BCUT2D eigenvalue weighted by Crippen LogP contribution is -2.39. The van der Waals surface area contributed by atoms with Crippen molar-refractivity contribution in [2.24, 2.45) is 0 Å². The molecule has 24 heavy (non-hydrogen) atoms. The number of aliphatic hydroxyl groups is 1. The third kappa shape index (κ3) is 2.52. The number of aliphatic hydroxyl groups excluding tert-OH is 1. The maximum Gasteiger partial charge on any atom is 0.325 e. The summed E-state index contributed by atoms with van der Waals surface area (Å²) in [5.74, 6) is -0.100. The van der Waals surface area contributed by atoms with Crippen LogP contribution in [0, 0.1) is 0 Å². The molecule has 0 saturated carbocycles. The molecule has 0 spiro atoms. The molecular weight excluding hydrogens is 429 g/mol. The summed E-state index contributed by atoms with van der Waals surface area (Å²) in [5, 5.41) is 10.6. The number of imidazole rings is 1. The van der Waals surface area contributed by atoms with Crippen molar-refractivity contribution in [1.29, 1.82) is 0 Å². The molecule has 4 unspecified atom stereocenters. The molecule has 0 aromatic carbocycles. The van der Waals surface area contributed by atoms with Crippen LogP contribution < -0.4 is 11.3 Å². The Balaban J connectivity index is 1.80. The number of aromatic nitrogens is 4. The second kappa shape index (κ2) is 5.54. The van der Waals surface area contributed by atoms with Gasteiger partial charge in [0, 0.05) is 0 Å². The number of hydrogen-bond donors (Lipinski definition) is 4. The van der Waals surface area contributed by atoms with E-state index < -0.39 is 36.8 Å². The Hall–Kier alpha value is -0.920. The van der Waals surface area contributed by atoms with Crippen LogP contribution in [0.5, 0.6) is 0 Å². The van der Waals surface area contributed by atoms with E-state index >= 15 is 0 Å². The number of nitrogens with one attached hydrogen (secondary N) is 1. The molecule has 2 aromatic rings. The minimum atomic E-state index is -3.41. The lowest BCUT2D eigenvalue weighted by Gasteiger charge is -2.30. The highest BCUT2D eigenvalue weighted by atomic mass is 79.9. The van der Waals surface area contributed by atoms with Crippen LogP contribution in [-0.4, -0.2) is 54.4 Å². The summed E-state index contributed by atoms with van der Waals surface area (Å²) in [6.45, 7) is -3.43. The van der Waals surface area contributed by atoms with Gasteiger partial charge in [0.2, 0.25) is 5.95 Å². The summed E-state index contributed by atoms with van der Waals surface area (Å²) in [6, 6.07) is 0. The molecule has 11 nitrogen and oxygen atoms in total. The molecule has 4 rings (SSSR count). The lowest BCUT2D eigenvalue weighted by molar-refractivity contribution is -0.0600. The van der Waals surface area contributed by atoms with Gasteiger partial charge in [0.15, 0.2) is 22.1 Å². The van der Waals surface area contributed by atoms with Crippen molar-refractivity contribution >= 4 is 51.6 Å². The Labute approximate surface area is 147 Å². The van der Waals surface area contributed by atoms with Gasteiger partial charge in [-0.15, -0.1) is 0 Å². The number of hydrogen-bond acceptors (Lipinski definition) is 9. The third-order valence-corrected chi connectivity index (χ3v) is 5.87. The van der Waals surface area contributed by atoms with Crippen LogP contribution in [0.15, 0.2) is 9.53 Å². The molecule has 0 radical (unpaired) electrons.